The van der Waals surface area contributed by atoms with Crippen LogP contribution in [0.2, 0.25) is 10.0 Å². The molecule has 1 atom stereocenters. The smallest absolute Gasteiger partial charge is 0.0595 e. The second-order valence-electron chi connectivity index (χ2n) is 5.22. The lowest BCUT2D eigenvalue weighted by molar-refractivity contribution is 0.258. The highest BCUT2D eigenvalue weighted by atomic mass is 35.5. The SMILES string of the molecule is CN1CCC(CCCO)(c2ccc(Cl)c(Cl)c2)C1. The van der Waals surface area contributed by atoms with Gasteiger partial charge in [0.25, 0.3) is 0 Å². The van der Waals surface area contributed by atoms with E-state index in [1.807, 2.05) is 12.1 Å². The Labute approximate surface area is 119 Å². The van der Waals surface area contributed by atoms with E-state index in [1.165, 1.54) is 5.56 Å². The van der Waals surface area contributed by atoms with Gasteiger partial charge in [-0.25, -0.2) is 0 Å². The Hall–Kier alpha value is -0.280. The van der Waals surface area contributed by atoms with Crippen LogP contribution in [0.15, 0.2) is 18.2 Å². The first-order valence-electron chi connectivity index (χ1n) is 6.32. The van der Waals surface area contributed by atoms with Crippen molar-refractivity contribution in [2.45, 2.75) is 24.7 Å². The van der Waals surface area contributed by atoms with Gasteiger partial charge < -0.3 is 10.0 Å². The zero-order chi connectivity index (χ0) is 13.2. The number of hydrogen-bond acceptors (Lipinski definition) is 2. The van der Waals surface area contributed by atoms with Crippen LogP contribution in [0.3, 0.4) is 0 Å². The Morgan fingerprint density at radius 2 is 2.11 bits per heavy atom. The standard InChI is InChI=1S/C14H19Cl2NO/c1-17-7-6-14(10-17,5-2-8-18)11-3-4-12(15)13(16)9-11/h3-4,9,18H,2,5-8,10H2,1H3. The molecule has 0 radical (unpaired) electrons. The van der Waals surface area contributed by atoms with Gasteiger partial charge in [0.2, 0.25) is 0 Å². The maximum atomic E-state index is 9.09. The number of likely N-dealkylation sites (tertiary alicyclic amines) is 1. The van der Waals surface area contributed by atoms with E-state index in [-0.39, 0.29) is 12.0 Å². The molecule has 0 amide bonds. The molecule has 1 aliphatic heterocycles. The van der Waals surface area contributed by atoms with Gasteiger partial charge >= 0.3 is 0 Å². The zero-order valence-corrected chi connectivity index (χ0v) is 12.1. The van der Waals surface area contributed by atoms with Crippen molar-refractivity contribution < 1.29 is 5.11 Å². The third-order valence-corrected chi connectivity index (χ3v) is 4.63. The Kier molecular flexibility index (Phi) is 4.54. The van der Waals surface area contributed by atoms with Crippen LogP contribution in [-0.4, -0.2) is 36.8 Å². The van der Waals surface area contributed by atoms with Crippen molar-refractivity contribution in [2.75, 3.05) is 26.7 Å². The second kappa shape index (κ2) is 5.79. The first-order chi connectivity index (χ1) is 8.57. The van der Waals surface area contributed by atoms with Crippen LogP contribution in [0.1, 0.15) is 24.8 Å². The Morgan fingerprint density at radius 1 is 1.33 bits per heavy atom. The predicted octanol–water partition coefficient (Wildman–Crippen LogP) is 3.34. The molecule has 1 aromatic rings. The van der Waals surface area contributed by atoms with Crippen LogP contribution in [-0.2, 0) is 5.41 Å². The Morgan fingerprint density at radius 3 is 2.67 bits per heavy atom. The van der Waals surface area contributed by atoms with E-state index in [4.69, 9.17) is 28.3 Å². The van der Waals surface area contributed by atoms with Crippen molar-refractivity contribution in [1.29, 1.82) is 0 Å². The molecule has 1 unspecified atom stereocenters. The summed E-state index contributed by atoms with van der Waals surface area (Å²) in [6.07, 6.45) is 2.93. The number of nitrogens with zero attached hydrogens (tertiary/aromatic N) is 1. The summed E-state index contributed by atoms with van der Waals surface area (Å²) < 4.78 is 0. The van der Waals surface area contributed by atoms with Crippen molar-refractivity contribution in [3.63, 3.8) is 0 Å². The summed E-state index contributed by atoms with van der Waals surface area (Å²) in [4.78, 5) is 2.33. The van der Waals surface area contributed by atoms with Crippen molar-refractivity contribution in [2.24, 2.45) is 0 Å². The van der Waals surface area contributed by atoms with E-state index in [0.29, 0.717) is 10.0 Å². The van der Waals surface area contributed by atoms with Crippen molar-refractivity contribution in [3.05, 3.63) is 33.8 Å². The van der Waals surface area contributed by atoms with Gasteiger partial charge in [0.05, 0.1) is 10.0 Å². The summed E-state index contributed by atoms with van der Waals surface area (Å²) in [5.74, 6) is 0. The van der Waals surface area contributed by atoms with Gasteiger partial charge in [-0.05, 0) is 50.6 Å². The average Bonchev–Trinajstić information content (AvgIpc) is 2.73. The first-order valence-corrected chi connectivity index (χ1v) is 7.08. The molecule has 0 saturated carbocycles. The minimum Gasteiger partial charge on any atom is -0.396 e. The van der Waals surface area contributed by atoms with Crippen LogP contribution in [0.5, 0.6) is 0 Å². The minimum atomic E-state index is 0.117. The van der Waals surface area contributed by atoms with E-state index in [0.717, 1.165) is 32.4 Å². The molecule has 100 valence electrons. The van der Waals surface area contributed by atoms with E-state index >= 15 is 0 Å². The van der Waals surface area contributed by atoms with Crippen molar-refractivity contribution in [1.82, 2.24) is 4.90 Å². The zero-order valence-electron chi connectivity index (χ0n) is 10.6. The molecule has 1 aliphatic rings. The Bertz CT molecular complexity index is 424. The number of halogens is 2. The molecule has 4 heteroatoms. The third-order valence-electron chi connectivity index (χ3n) is 3.89. The number of aliphatic hydroxyl groups is 1. The van der Waals surface area contributed by atoms with Crippen molar-refractivity contribution >= 4 is 23.2 Å². The van der Waals surface area contributed by atoms with Crippen LogP contribution < -0.4 is 0 Å². The molecule has 2 rings (SSSR count). The lowest BCUT2D eigenvalue weighted by atomic mass is 9.76. The van der Waals surface area contributed by atoms with Gasteiger partial charge in [-0.15, -0.1) is 0 Å². The minimum absolute atomic E-state index is 0.117. The number of hydrogen-bond donors (Lipinski definition) is 1. The van der Waals surface area contributed by atoms with Gasteiger partial charge in [0, 0.05) is 18.6 Å². The molecule has 0 aliphatic carbocycles. The Balaban J connectivity index is 2.30. The molecule has 18 heavy (non-hydrogen) atoms. The summed E-state index contributed by atoms with van der Waals surface area (Å²) in [6.45, 7) is 2.35. The second-order valence-corrected chi connectivity index (χ2v) is 6.04. The quantitative estimate of drug-likeness (QED) is 0.918. The van der Waals surface area contributed by atoms with E-state index < -0.39 is 0 Å². The van der Waals surface area contributed by atoms with Gasteiger partial charge in [-0.3, -0.25) is 0 Å². The highest BCUT2D eigenvalue weighted by Gasteiger charge is 2.37. The molecule has 0 bridgehead atoms. The topological polar surface area (TPSA) is 23.5 Å². The fourth-order valence-electron chi connectivity index (χ4n) is 2.91. The monoisotopic (exact) mass is 287 g/mol. The number of rotatable bonds is 4. The lowest BCUT2D eigenvalue weighted by Crippen LogP contribution is -2.30. The molecule has 1 aromatic carbocycles. The largest absolute Gasteiger partial charge is 0.396 e. The average molecular weight is 288 g/mol. The van der Waals surface area contributed by atoms with Crippen molar-refractivity contribution in [3.8, 4) is 0 Å². The normalized spacial score (nSPS) is 24.7. The molecule has 1 N–H and O–H groups in total. The lowest BCUT2D eigenvalue weighted by Gasteiger charge is -2.30. The number of benzene rings is 1. The fraction of sp³-hybridized carbons (Fsp3) is 0.571. The van der Waals surface area contributed by atoms with E-state index in [1.54, 1.807) is 0 Å². The molecular formula is C14H19Cl2NO. The molecule has 1 heterocycles. The van der Waals surface area contributed by atoms with Gasteiger partial charge in [-0.2, -0.15) is 0 Å². The summed E-state index contributed by atoms with van der Waals surface area (Å²) >= 11 is 12.1. The number of aliphatic hydroxyl groups excluding tert-OH is 1. The molecule has 0 spiro atoms. The molecule has 1 saturated heterocycles. The van der Waals surface area contributed by atoms with E-state index in [2.05, 4.69) is 18.0 Å². The maximum Gasteiger partial charge on any atom is 0.0595 e. The van der Waals surface area contributed by atoms with Gasteiger partial charge in [-0.1, -0.05) is 29.3 Å². The maximum absolute atomic E-state index is 9.09. The predicted molar refractivity (Wildman–Crippen MR) is 76.6 cm³/mol. The highest BCUT2D eigenvalue weighted by molar-refractivity contribution is 6.42. The highest BCUT2D eigenvalue weighted by Crippen LogP contribution is 2.40. The summed E-state index contributed by atoms with van der Waals surface area (Å²) in [6, 6.07) is 5.93. The summed E-state index contributed by atoms with van der Waals surface area (Å²) in [7, 11) is 2.14. The third kappa shape index (κ3) is 2.83. The summed E-state index contributed by atoms with van der Waals surface area (Å²) in [5, 5.41) is 10.3. The number of likely N-dealkylation sites (N-methyl/N-ethyl adjacent to an activating group) is 1. The molecular weight excluding hydrogens is 269 g/mol. The molecule has 0 aromatic heterocycles. The van der Waals surface area contributed by atoms with Crippen LogP contribution in [0.25, 0.3) is 0 Å². The molecule has 1 fully saturated rings. The molecule has 2 nitrogen and oxygen atoms in total. The van der Waals surface area contributed by atoms with Crippen LogP contribution in [0, 0.1) is 0 Å². The van der Waals surface area contributed by atoms with Gasteiger partial charge in [0.15, 0.2) is 0 Å². The fourth-order valence-corrected chi connectivity index (χ4v) is 3.21. The first kappa shape index (κ1) is 14.1. The summed E-state index contributed by atoms with van der Waals surface area (Å²) in [5.41, 5.74) is 1.36. The van der Waals surface area contributed by atoms with Crippen LogP contribution >= 0.6 is 23.2 Å². The van der Waals surface area contributed by atoms with Crippen LogP contribution in [0.4, 0.5) is 0 Å². The van der Waals surface area contributed by atoms with Gasteiger partial charge in [0.1, 0.15) is 0 Å². The van der Waals surface area contributed by atoms with E-state index in [9.17, 15) is 0 Å².